The van der Waals surface area contributed by atoms with E-state index in [1.54, 1.807) is 0 Å². The van der Waals surface area contributed by atoms with E-state index in [1.165, 1.54) is 24.8 Å². The highest BCUT2D eigenvalue weighted by molar-refractivity contribution is 6.35. The average Bonchev–Trinajstić information content (AvgIpc) is 2.68. The molecule has 0 saturated heterocycles. The molecule has 1 saturated carbocycles. The molecule has 0 aromatic heterocycles. The van der Waals surface area contributed by atoms with E-state index < -0.39 is 0 Å². The highest BCUT2D eigenvalue weighted by atomic mass is 35.5. The molecule has 1 N–H and O–H groups in total. The van der Waals surface area contributed by atoms with Crippen LogP contribution in [0.1, 0.15) is 52.5 Å². The standard InChI is InChI=1S/C17H25Cl2N/c1-12-6-5-9-17(12,11-20-16(2,3)4)14-8-7-13(18)10-15(14)19/h7-8,10,12,20H,5-6,9,11H2,1-4H3. The third-order valence-electron chi connectivity index (χ3n) is 4.61. The van der Waals surface area contributed by atoms with Crippen molar-refractivity contribution in [3.05, 3.63) is 33.8 Å². The van der Waals surface area contributed by atoms with E-state index in [4.69, 9.17) is 23.2 Å². The van der Waals surface area contributed by atoms with Gasteiger partial charge < -0.3 is 5.32 Å². The first kappa shape index (κ1) is 16.1. The van der Waals surface area contributed by atoms with Gasteiger partial charge in [-0.15, -0.1) is 0 Å². The molecule has 20 heavy (non-hydrogen) atoms. The second kappa shape index (κ2) is 5.87. The molecule has 1 aromatic carbocycles. The van der Waals surface area contributed by atoms with Crippen LogP contribution in [-0.2, 0) is 5.41 Å². The third kappa shape index (κ3) is 3.32. The van der Waals surface area contributed by atoms with Gasteiger partial charge in [-0.2, -0.15) is 0 Å². The molecule has 2 unspecified atom stereocenters. The number of nitrogens with one attached hydrogen (secondary N) is 1. The second-order valence-corrected chi connectivity index (χ2v) is 8.02. The van der Waals surface area contributed by atoms with Crippen molar-refractivity contribution in [2.45, 2.75) is 57.9 Å². The Morgan fingerprint density at radius 2 is 2.00 bits per heavy atom. The van der Waals surface area contributed by atoms with Gasteiger partial charge in [0.05, 0.1) is 0 Å². The monoisotopic (exact) mass is 313 g/mol. The molecular formula is C17H25Cl2N. The first-order valence-electron chi connectivity index (χ1n) is 7.45. The zero-order valence-electron chi connectivity index (χ0n) is 12.9. The second-order valence-electron chi connectivity index (χ2n) is 7.18. The minimum absolute atomic E-state index is 0.119. The molecule has 0 bridgehead atoms. The largest absolute Gasteiger partial charge is 0.311 e. The number of benzene rings is 1. The molecule has 0 spiro atoms. The summed E-state index contributed by atoms with van der Waals surface area (Å²) in [7, 11) is 0. The Morgan fingerprint density at radius 3 is 2.50 bits per heavy atom. The highest BCUT2D eigenvalue weighted by Gasteiger charge is 2.43. The van der Waals surface area contributed by atoms with Crippen molar-refractivity contribution >= 4 is 23.2 Å². The van der Waals surface area contributed by atoms with Gasteiger partial charge >= 0.3 is 0 Å². The summed E-state index contributed by atoms with van der Waals surface area (Å²) in [6.45, 7) is 9.96. The lowest BCUT2D eigenvalue weighted by Crippen LogP contribution is -2.47. The van der Waals surface area contributed by atoms with Crippen LogP contribution in [0.15, 0.2) is 18.2 Å². The van der Waals surface area contributed by atoms with E-state index >= 15 is 0 Å². The molecule has 2 rings (SSSR count). The number of hydrogen-bond donors (Lipinski definition) is 1. The predicted octanol–water partition coefficient (Wildman–Crippen LogP) is 5.44. The molecule has 1 fully saturated rings. The Kier molecular flexibility index (Phi) is 4.73. The van der Waals surface area contributed by atoms with Crippen LogP contribution >= 0.6 is 23.2 Å². The third-order valence-corrected chi connectivity index (χ3v) is 5.15. The van der Waals surface area contributed by atoms with Gasteiger partial charge in [0.15, 0.2) is 0 Å². The number of hydrogen-bond acceptors (Lipinski definition) is 1. The minimum atomic E-state index is 0.119. The lowest BCUT2D eigenvalue weighted by atomic mass is 9.72. The van der Waals surface area contributed by atoms with E-state index in [9.17, 15) is 0 Å². The first-order valence-corrected chi connectivity index (χ1v) is 8.21. The Balaban J connectivity index is 2.37. The van der Waals surface area contributed by atoms with Crippen molar-refractivity contribution in [1.82, 2.24) is 5.32 Å². The van der Waals surface area contributed by atoms with Gasteiger partial charge in [-0.1, -0.05) is 42.6 Å². The van der Waals surface area contributed by atoms with Crippen LogP contribution in [0.4, 0.5) is 0 Å². The van der Waals surface area contributed by atoms with Crippen molar-refractivity contribution in [1.29, 1.82) is 0 Å². The lowest BCUT2D eigenvalue weighted by molar-refractivity contribution is 0.279. The summed E-state index contributed by atoms with van der Waals surface area (Å²) in [6, 6.07) is 5.96. The summed E-state index contributed by atoms with van der Waals surface area (Å²) in [4.78, 5) is 0. The van der Waals surface area contributed by atoms with E-state index in [0.29, 0.717) is 10.9 Å². The van der Waals surface area contributed by atoms with Gasteiger partial charge in [-0.25, -0.2) is 0 Å². The maximum absolute atomic E-state index is 6.50. The maximum Gasteiger partial charge on any atom is 0.0459 e. The first-order chi connectivity index (χ1) is 9.24. The van der Waals surface area contributed by atoms with Crippen molar-refractivity contribution < 1.29 is 0 Å². The molecule has 2 atom stereocenters. The lowest BCUT2D eigenvalue weighted by Gasteiger charge is -2.38. The Morgan fingerprint density at radius 1 is 1.30 bits per heavy atom. The summed E-state index contributed by atoms with van der Waals surface area (Å²) in [5, 5.41) is 5.20. The summed E-state index contributed by atoms with van der Waals surface area (Å²) in [6.07, 6.45) is 3.73. The normalized spacial score (nSPS) is 27.0. The quantitative estimate of drug-likeness (QED) is 0.783. The molecule has 1 aliphatic carbocycles. The molecule has 0 heterocycles. The molecule has 0 amide bonds. The Hall–Kier alpha value is -0.240. The van der Waals surface area contributed by atoms with Crippen LogP contribution in [0, 0.1) is 5.92 Å². The number of halogens is 2. The van der Waals surface area contributed by atoms with Gasteiger partial charge in [0.25, 0.3) is 0 Å². The summed E-state index contributed by atoms with van der Waals surface area (Å²) in [5.74, 6) is 0.635. The van der Waals surface area contributed by atoms with Gasteiger partial charge in [0, 0.05) is 27.5 Å². The fraction of sp³-hybridized carbons (Fsp3) is 0.647. The topological polar surface area (TPSA) is 12.0 Å². The van der Waals surface area contributed by atoms with Crippen LogP contribution in [0.25, 0.3) is 0 Å². The smallest absolute Gasteiger partial charge is 0.0459 e. The molecule has 112 valence electrons. The predicted molar refractivity (Wildman–Crippen MR) is 88.9 cm³/mol. The zero-order chi connectivity index (χ0) is 15.0. The minimum Gasteiger partial charge on any atom is -0.311 e. The van der Waals surface area contributed by atoms with Crippen LogP contribution in [0.5, 0.6) is 0 Å². The summed E-state index contributed by atoms with van der Waals surface area (Å²) >= 11 is 12.6. The molecule has 0 aliphatic heterocycles. The van der Waals surface area contributed by atoms with E-state index in [2.05, 4.69) is 39.1 Å². The van der Waals surface area contributed by atoms with Crippen LogP contribution in [0.2, 0.25) is 10.0 Å². The van der Waals surface area contributed by atoms with E-state index in [1.807, 2.05) is 12.1 Å². The van der Waals surface area contributed by atoms with Gasteiger partial charge in [0.2, 0.25) is 0 Å². The molecular weight excluding hydrogens is 289 g/mol. The summed E-state index contributed by atoms with van der Waals surface area (Å²) in [5.41, 5.74) is 1.51. The fourth-order valence-corrected chi connectivity index (χ4v) is 3.92. The van der Waals surface area contributed by atoms with Gasteiger partial charge in [-0.3, -0.25) is 0 Å². The van der Waals surface area contributed by atoms with Crippen molar-refractivity contribution in [2.24, 2.45) is 5.92 Å². The Labute approximate surface area is 133 Å². The highest BCUT2D eigenvalue weighted by Crippen LogP contribution is 2.48. The zero-order valence-corrected chi connectivity index (χ0v) is 14.4. The molecule has 1 nitrogen and oxygen atoms in total. The van der Waals surface area contributed by atoms with Crippen molar-refractivity contribution in [2.75, 3.05) is 6.54 Å². The summed E-state index contributed by atoms with van der Waals surface area (Å²) < 4.78 is 0. The average molecular weight is 314 g/mol. The number of rotatable bonds is 3. The van der Waals surface area contributed by atoms with Crippen molar-refractivity contribution in [3.63, 3.8) is 0 Å². The SMILES string of the molecule is CC1CCCC1(CNC(C)(C)C)c1ccc(Cl)cc1Cl. The van der Waals surface area contributed by atoms with Crippen molar-refractivity contribution in [3.8, 4) is 0 Å². The fourth-order valence-electron chi connectivity index (χ4n) is 3.32. The van der Waals surface area contributed by atoms with Crippen LogP contribution in [0.3, 0.4) is 0 Å². The van der Waals surface area contributed by atoms with Gasteiger partial charge in [0.1, 0.15) is 0 Å². The molecule has 3 heteroatoms. The van der Waals surface area contributed by atoms with Crippen LogP contribution in [-0.4, -0.2) is 12.1 Å². The van der Waals surface area contributed by atoms with E-state index in [0.717, 1.165) is 11.6 Å². The van der Waals surface area contributed by atoms with Gasteiger partial charge in [-0.05, 0) is 57.2 Å². The molecule has 1 aromatic rings. The Bertz CT molecular complexity index is 478. The van der Waals surface area contributed by atoms with Crippen LogP contribution < -0.4 is 5.32 Å². The maximum atomic E-state index is 6.50. The molecule has 1 aliphatic rings. The van der Waals surface area contributed by atoms with E-state index in [-0.39, 0.29) is 11.0 Å². The molecule has 0 radical (unpaired) electrons.